The number of rotatable bonds is 12. The molecule has 0 unspecified atom stereocenters. The van der Waals surface area contributed by atoms with Crippen molar-refractivity contribution in [3.63, 3.8) is 0 Å². The summed E-state index contributed by atoms with van der Waals surface area (Å²) in [7, 11) is 0. The first-order chi connectivity index (χ1) is 13.2. The van der Waals surface area contributed by atoms with E-state index in [-0.39, 0.29) is 5.78 Å². The van der Waals surface area contributed by atoms with Gasteiger partial charge in [0.1, 0.15) is 0 Å². The highest BCUT2D eigenvalue weighted by Gasteiger charge is 2.14. The molecular formula is C20H27ClN4OS. The van der Waals surface area contributed by atoms with E-state index in [0.717, 1.165) is 60.6 Å². The Morgan fingerprint density at radius 3 is 2.81 bits per heavy atom. The minimum absolute atomic E-state index is 0.134. The molecule has 0 amide bonds. The van der Waals surface area contributed by atoms with Crippen LogP contribution in [0.15, 0.2) is 23.4 Å². The van der Waals surface area contributed by atoms with Crippen LogP contribution in [0.5, 0.6) is 0 Å². The fraction of sp³-hybridized carbons (Fsp3) is 0.500. The molecule has 0 aliphatic rings. The fourth-order valence-electron chi connectivity index (χ4n) is 2.83. The number of hydrogen-bond donors (Lipinski definition) is 1. The van der Waals surface area contributed by atoms with Crippen molar-refractivity contribution in [2.45, 2.75) is 63.9 Å². The molecule has 0 atom stereocenters. The largest absolute Gasteiger partial charge is 0.294 e. The van der Waals surface area contributed by atoms with Gasteiger partial charge in [0.05, 0.1) is 5.02 Å². The Balaban J connectivity index is 1.90. The summed E-state index contributed by atoms with van der Waals surface area (Å²) >= 11 is 8.21. The molecule has 2 aromatic rings. The Morgan fingerprint density at radius 2 is 2.11 bits per heavy atom. The van der Waals surface area contributed by atoms with E-state index in [1.54, 1.807) is 11.8 Å². The summed E-state index contributed by atoms with van der Waals surface area (Å²) in [5, 5.41) is 15.1. The Bertz CT molecular complexity index is 747. The number of carbonyl (C=O) groups excluding carboxylic acids is 1. The summed E-state index contributed by atoms with van der Waals surface area (Å²) in [5.41, 5.74) is 2.88. The first kappa shape index (κ1) is 21.6. The van der Waals surface area contributed by atoms with Gasteiger partial charge in [-0.05, 0) is 59.7 Å². The van der Waals surface area contributed by atoms with Crippen LogP contribution >= 0.6 is 23.4 Å². The topological polar surface area (TPSA) is 71.5 Å². The van der Waals surface area contributed by atoms with Gasteiger partial charge in [-0.25, -0.2) is 5.10 Å². The maximum absolute atomic E-state index is 12.3. The molecule has 1 N–H and O–H groups in total. The molecule has 0 aliphatic carbocycles. The first-order valence-electron chi connectivity index (χ1n) is 9.55. The molecule has 1 aromatic carbocycles. The van der Waals surface area contributed by atoms with Crippen molar-refractivity contribution in [2.75, 3.05) is 5.75 Å². The van der Waals surface area contributed by atoms with Crippen LogP contribution in [-0.4, -0.2) is 32.2 Å². The molecule has 2 rings (SSSR count). The zero-order valence-electron chi connectivity index (χ0n) is 16.0. The van der Waals surface area contributed by atoms with Gasteiger partial charge in [0.25, 0.3) is 0 Å². The van der Waals surface area contributed by atoms with Crippen LogP contribution in [-0.2, 0) is 6.42 Å². The quantitative estimate of drug-likeness (QED) is 0.275. The smallest absolute Gasteiger partial charge is 0.206 e. The molecule has 0 fully saturated rings. The number of ketones is 1. The van der Waals surface area contributed by atoms with E-state index in [1.165, 1.54) is 0 Å². The number of hydrogen-bond acceptors (Lipinski definition) is 5. The van der Waals surface area contributed by atoms with Gasteiger partial charge < -0.3 is 0 Å². The molecule has 0 aliphatic heterocycles. The summed E-state index contributed by atoms with van der Waals surface area (Å²) in [4.78, 5) is 12.3. The van der Waals surface area contributed by atoms with Gasteiger partial charge in [-0.3, -0.25) is 4.79 Å². The van der Waals surface area contributed by atoms with E-state index >= 15 is 0 Å². The number of Topliss-reactive ketones (excluding diaryl/α,β-unsaturated/α-hetero) is 1. The van der Waals surface area contributed by atoms with Crippen LogP contribution in [0.1, 0.15) is 73.9 Å². The van der Waals surface area contributed by atoms with Crippen LogP contribution in [0.4, 0.5) is 0 Å². The lowest BCUT2D eigenvalue weighted by atomic mass is 9.96. The summed E-state index contributed by atoms with van der Waals surface area (Å²) in [6.45, 7) is 4.14. The Hall–Kier alpha value is -1.66. The first-order valence-corrected chi connectivity index (χ1v) is 10.9. The van der Waals surface area contributed by atoms with Crippen molar-refractivity contribution in [2.24, 2.45) is 0 Å². The van der Waals surface area contributed by atoms with Gasteiger partial charge in [0, 0.05) is 17.7 Å². The maximum Gasteiger partial charge on any atom is 0.206 e. The molecule has 0 bridgehead atoms. The lowest BCUT2D eigenvalue weighted by Gasteiger charge is -2.12. The van der Waals surface area contributed by atoms with Crippen molar-refractivity contribution in [1.29, 1.82) is 0 Å². The van der Waals surface area contributed by atoms with Crippen LogP contribution in [0.2, 0.25) is 5.02 Å². The number of allylic oxidation sites excluding steroid dienone is 1. The van der Waals surface area contributed by atoms with E-state index in [2.05, 4.69) is 39.7 Å². The van der Waals surface area contributed by atoms with Gasteiger partial charge in [-0.2, -0.15) is 0 Å². The second-order valence-electron chi connectivity index (χ2n) is 6.37. The maximum atomic E-state index is 12.3. The van der Waals surface area contributed by atoms with Crippen LogP contribution in [0.3, 0.4) is 0 Å². The Labute approximate surface area is 170 Å². The number of benzene rings is 1. The molecule has 27 heavy (non-hydrogen) atoms. The number of unbranched alkanes of at least 4 members (excludes halogenated alkanes) is 2. The van der Waals surface area contributed by atoms with E-state index < -0.39 is 0 Å². The summed E-state index contributed by atoms with van der Waals surface area (Å²) in [6, 6.07) is 3.91. The third-order valence-electron chi connectivity index (χ3n) is 4.18. The summed E-state index contributed by atoms with van der Waals surface area (Å²) in [5.74, 6) is 1.13. The standard InChI is InChI=1S/C20H27ClN4OS/c1-3-9-16-15(12-13-17(19(16)21)18(26)10-4-2)11-7-5-6-8-14-27-20-22-24-25-23-20/h7,11-13H,3-6,8-10,14H2,1-2H3,(H,22,23,24,25)/b11-7+. The van der Waals surface area contributed by atoms with Gasteiger partial charge in [0.15, 0.2) is 5.78 Å². The van der Waals surface area contributed by atoms with Crippen molar-refractivity contribution < 1.29 is 4.79 Å². The van der Waals surface area contributed by atoms with Gasteiger partial charge in [-0.1, -0.05) is 61.8 Å². The Morgan fingerprint density at radius 1 is 1.26 bits per heavy atom. The van der Waals surface area contributed by atoms with Crippen LogP contribution in [0.25, 0.3) is 6.08 Å². The molecule has 5 nitrogen and oxygen atoms in total. The number of nitrogens with zero attached hydrogens (tertiary/aromatic N) is 3. The third-order valence-corrected chi connectivity index (χ3v) is 5.56. The number of aromatic nitrogens is 4. The predicted octanol–water partition coefficient (Wildman–Crippen LogP) is 5.76. The minimum Gasteiger partial charge on any atom is -0.294 e. The third kappa shape index (κ3) is 6.78. The normalized spacial score (nSPS) is 11.4. The van der Waals surface area contributed by atoms with E-state index in [0.29, 0.717) is 17.0 Å². The van der Waals surface area contributed by atoms with E-state index in [1.807, 2.05) is 19.1 Å². The molecule has 7 heteroatoms. The zero-order valence-corrected chi connectivity index (χ0v) is 17.6. The number of thioether (sulfide) groups is 1. The number of carbonyl (C=O) groups is 1. The highest BCUT2D eigenvalue weighted by molar-refractivity contribution is 7.99. The van der Waals surface area contributed by atoms with Gasteiger partial charge in [-0.15, -0.1) is 5.10 Å². The van der Waals surface area contributed by atoms with Crippen LogP contribution < -0.4 is 0 Å². The summed E-state index contributed by atoms with van der Waals surface area (Å²) in [6.07, 6.45) is 10.8. The highest BCUT2D eigenvalue weighted by Crippen LogP contribution is 2.28. The average Bonchev–Trinajstić information content (AvgIpc) is 3.17. The second-order valence-corrected chi connectivity index (χ2v) is 7.83. The molecule has 0 saturated heterocycles. The van der Waals surface area contributed by atoms with Crippen molar-refractivity contribution >= 4 is 35.2 Å². The highest BCUT2D eigenvalue weighted by atomic mass is 35.5. The SMILES string of the molecule is CCCC(=O)c1ccc(/C=C/CCCCSc2nnn[nH]2)c(CCC)c1Cl. The number of tetrazole rings is 1. The van der Waals surface area contributed by atoms with Crippen molar-refractivity contribution in [3.05, 3.63) is 39.9 Å². The molecule has 0 saturated carbocycles. The average molecular weight is 407 g/mol. The van der Waals surface area contributed by atoms with E-state index in [4.69, 9.17) is 11.6 Å². The lowest BCUT2D eigenvalue weighted by molar-refractivity contribution is 0.0982. The van der Waals surface area contributed by atoms with Gasteiger partial charge in [0.2, 0.25) is 5.16 Å². The molecule has 1 heterocycles. The zero-order chi connectivity index (χ0) is 19.5. The molecule has 146 valence electrons. The van der Waals surface area contributed by atoms with Crippen molar-refractivity contribution in [3.8, 4) is 0 Å². The fourth-order valence-corrected chi connectivity index (χ4v) is 3.94. The number of halogens is 1. The van der Waals surface area contributed by atoms with Crippen molar-refractivity contribution in [1.82, 2.24) is 20.6 Å². The lowest BCUT2D eigenvalue weighted by Crippen LogP contribution is -2.03. The molecule has 1 aromatic heterocycles. The second kappa shape index (κ2) is 11.9. The molecule has 0 spiro atoms. The van der Waals surface area contributed by atoms with E-state index in [9.17, 15) is 4.79 Å². The predicted molar refractivity (Wildman–Crippen MR) is 112 cm³/mol. The molecule has 0 radical (unpaired) electrons. The minimum atomic E-state index is 0.134. The Kier molecular flexibility index (Phi) is 9.56. The number of nitrogens with one attached hydrogen (secondary N) is 1. The van der Waals surface area contributed by atoms with Gasteiger partial charge >= 0.3 is 0 Å². The summed E-state index contributed by atoms with van der Waals surface area (Å²) < 4.78 is 0. The number of aromatic amines is 1. The monoisotopic (exact) mass is 406 g/mol. The molecular weight excluding hydrogens is 380 g/mol. The van der Waals surface area contributed by atoms with Crippen LogP contribution in [0, 0.1) is 0 Å². The number of H-pyrrole nitrogens is 1.